The molecule has 0 fully saturated rings. The van der Waals surface area contributed by atoms with Crippen molar-refractivity contribution in [3.63, 3.8) is 0 Å². The molecule has 1 amide bonds. The van der Waals surface area contributed by atoms with Crippen molar-refractivity contribution in [2.75, 3.05) is 5.32 Å². The van der Waals surface area contributed by atoms with Crippen molar-refractivity contribution in [3.05, 3.63) is 28.8 Å². The molecule has 3 nitrogen and oxygen atoms in total. The van der Waals surface area contributed by atoms with Crippen LogP contribution in [0, 0.1) is 12.8 Å². The van der Waals surface area contributed by atoms with Crippen molar-refractivity contribution in [1.82, 2.24) is 0 Å². The van der Waals surface area contributed by atoms with Crippen LogP contribution in [0.5, 0.6) is 0 Å². The highest BCUT2D eigenvalue weighted by Crippen LogP contribution is 2.20. The minimum Gasteiger partial charge on any atom is -0.324 e. The molecule has 1 aromatic carbocycles. The van der Waals surface area contributed by atoms with Gasteiger partial charge >= 0.3 is 0 Å². The highest BCUT2D eigenvalue weighted by atomic mass is 35.5. The molecule has 96 valence electrons. The SMILES string of the molecule is Cc1ccc(Cl)cc1NC(=O)C(N)C(C)C.Cl. The Labute approximate surface area is 113 Å². The van der Waals surface area contributed by atoms with E-state index >= 15 is 0 Å². The maximum atomic E-state index is 11.7. The predicted molar refractivity (Wildman–Crippen MR) is 74.9 cm³/mol. The zero-order valence-electron chi connectivity index (χ0n) is 10.2. The van der Waals surface area contributed by atoms with Gasteiger partial charge in [-0.2, -0.15) is 0 Å². The standard InChI is InChI=1S/C12H17ClN2O.ClH/c1-7(2)11(14)12(16)15-10-6-9(13)5-4-8(10)3;/h4-7,11H,14H2,1-3H3,(H,15,16);1H. The fraction of sp³-hybridized carbons (Fsp3) is 0.417. The summed E-state index contributed by atoms with van der Waals surface area (Å²) in [5.74, 6) is -0.0696. The van der Waals surface area contributed by atoms with Crippen molar-refractivity contribution in [2.24, 2.45) is 11.7 Å². The monoisotopic (exact) mass is 276 g/mol. The second-order valence-electron chi connectivity index (χ2n) is 4.22. The van der Waals surface area contributed by atoms with Crippen LogP contribution in [0.2, 0.25) is 5.02 Å². The Hall–Kier alpha value is -0.770. The van der Waals surface area contributed by atoms with E-state index in [1.807, 2.05) is 26.8 Å². The number of carbonyl (C=O) groups is 1. The van der Waals surface area contributed by atoms with E-state index in [0.717, 1.165) is 5.56 Å². The zero-order chi connectivity index (χ0) is 12.3. The summed E-state index contributed by atoms with van der Waals surface area (Å²) in [6.07, 6.45) is 0. The molecule has 1 atom stereocenters. The number of nitrogens with one attached hydrogen (secondary N) is 1. The molecule has 0 radical (unpaired) electrons. The van der Waals surface area contributed by atoms with Crippen molar-refractivity contribution in [2.45, 2.75) is 26.8 Å². The number of carbonyl (C=O) groups excluding carboxylic acids is 1. The van der Waals surface area contributed by atoms with Crippen molar-refractivity contribution < 1.29 is 4.79 Å². The van der Waals surface area contributed by atoms with E-state index in [9.17, 15) is 4.79 Å². The van der Waals surface area contributed by atoms with Gasteiger partial charge in [0.2, 0.25) is 5.91 Å². The van der Waals surface area contributed by atoms with Crippen LogP contribution in [0.3, 0.4) is 0 Å². The third-order valence-corrected chi connectivity index (χ3v) is 2.71. The Bertz CT molecular complexity index is 394. The summed E-state index contributed by atoms with van der Waals surface area (Å²) < 4.78 is 0. The number of rotatable bonds is 3. The molecular formula is C12H18Cl2N2O. The number of aryl methyl sites for hydroxylation is 1. The van der Waals surface area contributed by atoms with E-state index < -0.39 is 6.04 Å². The van der Waals surface area contributed by atoms with Gasteiger partial charge in [0, 0.05) is 10.7 Å². The van der Waals surface area contributed by atoms with Crippen LogP contribution in [0.15, 0.2) is 18.2 Å². The first-order valence-electron chi connectivity index (χ1n) is 5.24. The molecular weight excluding hydrogens is 259 g/mol. The van der Waals surface area contributed by atoms with Gasteiger partial charge in [-0.05, 0) is 30.5 Å². The molecule has 0 aliphatic heterocycles. The summed E-state index contributed by atoms with van der Waals surface area (Å²) in [4.78, 5) is 11.7. The lowest BCUT2D eigenvalue weighted by atomic mass is 10.0. The van der Waals surface area contributed by atoms with Gasteiger partial charge in [-0.15, -0.1) is 12.4 Å². The molecule has 0 spiro atoms. The first kappa shape index (κ1) is 16.2. The smallest absolute Gasteiger partial charge is 0.241 e. The van der Waals surface area contributed by atoms with Gasteiger partial charge in [0.25, 0.3) is 0 Å². The summed E-state index contributed by atoms with van der Waals surface area (Å²) in [6.45, 7) is 5.73. The van der Waals surface area contributed by atoms with E-state index in [1.165, 1.54) is 0 Å². The van der Waals surface area contributed by atoms with E-state index in [4.69, 9.17) is 17.3 Å². The molecule has 0 aliphatic rings. The van der Waals surface area contributed by atoms with Crippen LogP contribution in [-0.4, -0.2) is 11.9 Å². The van der Waals surface area contributed by atoms with E-state index in [-0.39, 0.29) is 24.2 Å². The number of halogens is 2. The lowest BCUT2D eigenvalue weighted by Gasteiger charge is -2.16. The van der Waals surface area contributed by atoms with Gasteiger partial charge in [0.15, 0.2) is 0 Å². The molecule has 3 N–H and O–H groups in total. The molecule has 0 saturated carbocycles. The van der Waals surface area contributed by atoms with Gasteiger partial charge in [-0.1, -0.05) is 31.5 Å². The first-order valence-corrected chi connectivity index (χ1v) is 5.62. The molecule has 0 heterocycles. The summed E-state index contributed by atoms with van der Waals surface area (Å²) in [6, 6.07) is 4.87. The average molecular weight is 277 g/mol. The zero-order valence-corrected chi connectivity index (χ0v) is 11.7. The van der Waals surface area contributed by atoms with E-state index in [0.29, 0.717) is 10.7 Å². The lowest BCUT2D eigenvalue weighted by molar-refractivity contribution is -0.118. The lowest BCUT2D eigenvalue weighted by Crippen LogP contribution is -2.39. The topological polar surface area (TPSA) is 55.1 Å². The molecule has 5 heteroatoms. The summed E-state index contributed by atoms with van der Waals surface area (Å²) in [5, 5.41) is 3.38. The van der Waals surface area contributed by atoms with Crippen molar-refractivity contribution in [3.8, 4) is 0 Å². The Morgan fingerprint density at radius 3 is 2.53 bits per heavy atom. The van der Waals surface area contributed by atoms with E-state index in [2.05, 4.69) is 5.32 Å². The predicted octanol–water partition coefficient (Wildman–Crippen LogP) is 2.99. The number of hydrogen-bond acceptors (Lipinski definition) is 2. The largest absolute Gasteiger partial charge is 0.324 e. The molecule has 0 saturated heterocycles. The Kier molecular flexibility index (Phi) is 6.53. The van der Waals surface area contributed by atoms with Gasteiger partial charge in [-0.25, -0.2) is 0 Å². The molecule has 17 heavy (non-hydrogen) atoms. The number of amides is 1. The van der Waals surface area contributed by atoms with Gasteiger partial charge < -0.3 is 11.1 Å². The normalized spacial score (nSPS) is 11.9. The molecule has 0 aromatic heterocycles. The summed E-state index contributed by atoms with van der Waals surface area (Å²) in [7, 11) is 0. The Balaban J connectivity index is 0.00000256. The second-order valence-corrected chi connectivity index (χ2v) is 4.65. The highest BCUT2D eigenvalue weighted by molar-refractivity contribution is 6.31. The van der Waals surface area contributed by atoms with Crippen LogP contribution in [0.1, 0.15) is 19.4 Å². The maximum Gasteiger partial charge on any atom is 0.241 e. The van der Waals surface area contributed by atoms with Crippen LogP contribution >= 0.6 is 24.0 Å². The first-order chi connectivity index (χ1) is 7.41. The third-order valence-electron chi connectivity index (χ3n) is 2.48. The minimum absolute atomic E-state index is 0. The molecule has 1 unspecified atom stereocenters. The number of benzene rings is 1. The van der Waals surface area contributed by atoms with Gasteiger partial charge in [0.05, 0.1) is 6.04 Å². The van der Waals surface area contributed by atoms with Crippen LogP contribution < -0.4 is 11.1 Å². The fourth-order valence-corrected chi connectivity index (χ4v) is 1.42. The minimum atomic E-state index is -0.501. The highest BCUT2D eigenvalue weighted by Gasteiger charge is 2.17. The van der Waals surface area contributed by atoms with E-state index in [1.54, 1.807) is 12.1 Å². The molecule has 1 aromatic rings. The summed E-state index contributed by atoms with van der Waals surface area (Å²) >= 11 is 5.86. The average Bonchev–Trinajstić information content (AvgIpc) is 2.22. The number of anilines is 1. The van der Waals surface area contributed by atoms with Crippen LogP contribution in [0.25, 0.3) is 0 Å². The van der Waals surface area contributed by atoms with Gasteiger partial charge in [0.1, 0.15) is 0 Å². The number of nitrogens with two attached hydrogens (primary N) is 1. The molecule has 1 rings (SSSR count). The Morgan fingerprint density at radius 2 is 2.00 bits per heavy atom. The maximum absolute atomic E-state index is 11.7. The number of hydrogen-bond donors (Lipinski definition) is 2. The van der Waals surface area contributed by atoms with Crippen molar-refractivity contribution >= 4 is 35.6 Å². The third kappa shape index (κ3) is 4.54. The van der Waals surface area contributed by atoms with Crippen LogP contribution in [-0.2, 0) is 4.79 Å². The summed E-state index contributed by atoms with van der Waals surface area (Å²) in [5.41, 5.74) is 7.43. The second kappa shape index (κ2) is 6.84. The molecule has 0 bridgehead atoms. The van der Waals surface area contributed by atoms with Crippen molar-refractivity contribution in [1.29, 1.82) is 0 Å². The molecule has 0 aliphatic carbocycles. The van der Waals surface area contributed by atoms with Crippen LogP contribution in [0.4, 0.5) is 5.69 Å². The van der Waals surface area contributed by atoms with Gasteiger partial charge in [-0.3, -0.25) is 4.79 Å². The fourth-order valence-electron chi connectivity index (χ4n) is 1.25. The Morgan fingerprint density at radius 1 is 1.41 bits per heavy atom. The quantitative estimate of drug-likeness (QED) is 0.892.